The van der Waals surface area contributed by atoms with Crippen molar-refractivity contribution in [1.82, 2.24) is 5.32 Å². The molecule has 0 aliphatic rings. The van der Waals surface area contributed by atoms with Gasteiger partial charge >= 0.3 is 0 Å². The second-order valence-electron chi connectivity index (χ2n) is 4.43. The molecule has 2 N–H and O–H groups in total. The highest BCUT2D eigenvalue weighted by Crippen LogP contribution is 2.35. The molecule has 8 heteroatoms. The second-order valence-corrected chi connectivity index (χ2v) is 9.11. The van der Waals surface area contributed by atoms with Crippen LogP contribution in [0.3, 0.4) is 0 Å². The predicted molar refractivity (Wildman–Crippen MR) is 91.8 cm³/mol. The average Bonchev–Trinajstić information content (AvgIpc) is 2.78. The van der Waals surface area contributed by atoms with E-state index < -0.39 is 10.0 Å². The van der Waals surface area contributed by atoms with E-state index in [1.54, 1.807) is 6.07 Å². The van der Waals surface area contributed by atoms with Gasteiger partial charge in [-0.2, -0.15) is 0 Å². The Bertz CT molecular complexity index is 727. The van der Waals surface area contributed by atoms with Crippen LogP contribution in [0.4, 0.5) is 5.69 Å². The van der Waals surface area contributed by atoms with Crippen LogP contribution in [0, 0.1) is 0 Å². The normalized spacial score (nSPS) is 13.1. The zero-order valence-corrected chi connectivity index (χ0v) is 15.3. The van der Waals surface area contributed by atoms with Gasteiger partial charge in [0.05, 0.1) is 8.81 Å². The molecule has 0 amide bonds. The predicted octanol–water partition coefficient (Wildman–Crippen LogP) is 4.25. The molecule has 0 bridgehead atoms. The standard InChI is InChI=1S/C13H14BrClN2O2S2/c1-8(16-2)9-4-3-5-10(6-9)17-21(18,19)12-7-11(15)13(14)20-12/h3-8,16-17H,1-2H3. The number of anilines is 1. The molecule has 0 aliphatic heterocycles. The van der Waals surface area contributed by atoms with Gasteiger partial charge in [-0.3, -0.25) is 4.72 Å². The number of rotatable bonds is 5. The van der Waals surface area contributed by atoms with Gasteiger partial charge in [0.2, 0.25) is 0 Å². The summed E-state index contributed by atoms with van der Waals surface area (Å²) in [5.74, 6) is 0. The lowest BCUT2D eigenvalue weighted by molar-refractivity contribution is 0.603. The van der Waals surface area contributed by atoms with Gasteiger partial charge in [0.25, 0.3) is 10.0 Å². The smallest absolute Gasteiger partial charge is 0.271 e. The van der Waals surface area contributed by atoms with Crippen LogP contribution in [0.25, 0.3) is 0 Å². The summed E-state index contributed by atoms with van der Waals surface area (Å²) in [6.45, 7) is 2.00. The Morgan fingerprint density at radius 1 is 1.33 bits per heavy atom. The molecule has 1 heterocycles. The van der Waals surface area contributed by atoms with Gasteiger partial charge in [-0.15, -0.1) is 11.3 Å². The molecule has 0 aliphatic carbocycles. The number of thiophene rings is 1. The van der Waals surface area contributed by atoms with Crippen LogP contribution >= 0.6 is 38.9 Å². The van der Waals surface area contributed by atoms with Crippen LogP contribution in [-0.2, 0) is 10.0 Å². The highest BCUT2D eigenvalue weighted by atomic mass is 79.9. The van der Waals surface area contributed by atoms with Crippen molar-refractivity contribution < 1.29 is 8.42 Å². The fourth-order valence-corrected chi connectivity index (χ4v) is 5.15. The number of benzene rings is 1. The molecule has 114 valence electrons. The minimum atomic E-state index is -3.63. The molecule has 0 saturated heterocycles. The van der Waals surface area contributed by atoms with Crippen molar-refractivity contribution in [3.8, 4) is 0 Å². The monoisotopic (exact) mass is 408 g/mol. The van der Waals surface area contributed by atoms with E-state index >= 15 is 0 Å². The Hall–Kier alpha value is -0.600. The van der Waals surface area contributed by atoms with Gasteiger partial charge in [-0.25, -0.2) is 8.42 Å². The van der Waals surface area contributed by atoms with Crippen molar-refractivity contribution in [3.05, 3.63) is 44.7 Å². The minimum Gasteiger partial charge on any atom is -0.313 e. The van der Waals surface area contributed by atoms with E-state index in [9.17, 15) is 8.42 Å². The van der Waals surface area contributed by atoms with Crippen LogP contribution in [0.2, 0.25) is 5.02 Å². The molecule has 0 fully saturated rings. The molecular weight excluding hydrogens is 396 g/mol. The van der Waals surface area contributed by atoms with Crippen LogP contribution < -0.4 is 10.0 Å². The molecule has 0 spiro atoms. The molecule has 4 nitrogen and oxygen atoms in total. The maximum absolute atomic E-state index is 12.3. The molecule has 1 aromatic carbocycles. The highest BCUT2D eigenvalue weighted by molar-refractivity contribution is 9.11. The first-order valence-corrected chi connectivity index (χ1v) is 9.55. The summed E-state index contributed by atoms with van der Waals surface area (Å²) in [4.78, 5) is 0. The molecule has 2 aromatic rings. The number of sulfonamides is 1. The van der Waals surface area contributed by atoms with Gasteiger partial charge in [0.15, 0.2) is 0 Å². The lowest BCUT2D eigenvalue weighted by Gasteiger charge is -2.13. The van der Waals surface area contributed by atoms with E-state index in [1.807, 2.05) is 32.2 Å². The molecule has 0 saturated carbocycles. The van der Waals surface area contributed by atoms with Crippen molar-refractivity contribution in [1.29, 1.82) is 0 Å². The molecule has 1 atom stereocenters. The van der Waals surface area contributed by atoms with Gasteiger partial charge in [0, 0.05) is 11.7 Å². The summed E-state index contributed by atoms with van der Waals surface area (Å²) < 4.78 is 28.0. The lowest BCUT2D eigenvalue weighted by atomic mass is 10.1. The van der Waals surface area contributed by atoms with Crippen LogP contribution in [0.5, 0.6) is 0 Å². The van der Waals surface area contributed by atoms with E-state index in [0.29, 0.717) is 14.5 Å². The Morgan fingerprint density at radius 2 is 2.05 bits per heavy atom. The van der Waals surface area contributed by atoms with Gasteiger partial charge < -0.3 is 5.32 Å². The first-order valence-electron chi connectivity index (χ1n) is 6.08. The van der Waals surface area contributed by atoms with E-state index in [2.05, 4.69) is 26.0 Å². The van der Waals surface area contributed by atoms with Crippen LogP contribution in [0.15, 0.2) is 38.3 Å². The summed E-state index contributed by atoms with van der Waals surface area (Å²) in [6.07, 6.45) is 0. The largest absolute Gasteiger partial charge is 0.313 e. The van der Waals surface area contributed by atoms with Gasteiger partial charge in [0.1, 0.15) is 4.21 Å². The third-order valence-corrected chi connectivity index (χ3v) is 7.29. The summed E-state index contributed by atoms with van der Waals surface area (Å²) in [5.41, 5.74) is 1.53. The Labute approximate surface area is 141 Å². The molecule has 2 rings (SSSR count). The fraction of sp³-hybridized carbons (Fsp3) is 0.231. The van der Waals surface area contributed by atoms with Crippen molar-refractivity contribution >= 4 is 54.6 Å². The van der Waals surface area contributed by atoms with E-state index in [-0.39, 0.29) is 10.3 Å². The maximum Gasteiger partial charge on any atom is 0.271 e. The topological polar surface area (TPSA) is 58.2 Å². The first-order chi connectivity index (χ1) is 9.83. The first kappa shape index (κ1) is 16.8. The Balaban J connectivity index is 2.28. The third-order valence-electron chi connectivity index (χ3n) is 2.96. The maximum atomic E-state index is 12.3. The zero-order valence-electron chi connectivity index (χ0n) is 11.4. The highest BCUT2D eigenvalue weighted by Gasteiger charge is 2.19. The summed E-state index contributed by atoms with van der Waals surface area (Å²) in [5, 5.41) is 3.50. The number of nitrogens with one attached hydrogen (secondary N) is 2. The second kappa shape index (κ2) is 6.66. The summed E-state index contributed by atoms with van der Waals surface area (Å²) in [6, 6.07) is 8.85. The minimum absolute atomic E-state index is 0.139. The number of hydrogen-bond acceptors (Lipinski definition) is 4. The number of hydrogen-bond donors (Lipinski definition) is 2. The zero-order chi connectivity index (χ0) is 15.6. The summed E-state index contributed by atoms with van der Waals surface area (Å²) >= 11 is 10.2. The Kier molecular flexibility index (Phi) is 5.32. The molecule has 1 unspecified atom stereocenters. The molecule has 21 heavy (non-hydrogen) atoms. The van der Waals surface area contributed by atoms with Crippen molar-refractivity contribution in [2.75, 3.05) is 11.8 Å². The van der Waals surface area contributed by atoms with E-state index in [1.165, 1.54) is 6.07 Å². The lowest BCUT2D eigenvalue weighted by Crippen LogP contribution is -2.14. The van der Waals surface area contributed by atoms with E-state index in [4.69, 9.17) is 11.6 Å². The van der Waals surface area contributed by atoms with Gasteiger partial charge in [-0.05, 0) is 53.7 Å². The summed E-state index contributed by atoms with van der Waals surface area (Å²) in [7, 11) is -1.78. The number of halogens is 2. The third kappa shape index (κ3) is 3.98. The van der Waals surface area contributed by atoms with Crippen molar-refractivity contribution in [2.24, 2.45) is 0 Å². The average molecular weight is 410 g/mol. The van der Waals surface area contributed by atoms with Crippen molar-refractivity contribution in [3.63, 3.8) is 0 Å². The van der Waals surface area contributed by atoms with Crippen molar-refractivity contribution in [2.45, 2.75) is 17.2 Å². The van der Waals surface area contributed by atoms with E-state index in [0.717, 1.165) is 16.9 Å². The van der Waals surface area contributed by atoms with Crippen LogP contribution in [0.1, 0.15) is 18.5 Å². The molecule has 1 aromatic heterocycles. The van der Waals surface area contributed by atoms with Crippen LogP contribution in [-0.4, -0.2) is 15.5 Å². The quantitative estimate of drug-likeness (QED) is 0.776. The molecule has 0 radical (unpaired) electrons. The van der Waals surface area contributed by atoms with Gasteiger partial charge in [-0.1, -0.05) is 23.7 Å². The SMILES string of the molecule is CNC(C)c1cccc(NS(=O)(=O)c2cc(Cl)c(Br)s2)c1. The molecular formula is C13H14BrClN2O2S2. The Morgan fingerprint density at radius 3 is 2.62 bits per heavy atom. The fourth-order valence-electron chi connectivity index (χ4n) is 1.70.